The average molecular weight is 299 g/mol. The molecule has 108 valence electrons. The van der Waals surface area contributed by atoms with Crippen molar-refractivity contribution in [1.29, 1.82) is 0 Å². The SMILES string of the molecule is CCNC(c1cc2ccccc2s1)c1ccc(F)cc1C. The van der Waals surface area contributed by atoms with Crippen molar-refractivity contribution in [2.45, 2.75) is 19.9 Å². The highest BCUT2D eigenvalue weighted by atomic mass is 32.1. The molecular weight excluding hydrogens is 281 g/mol. The lowest BCUT2D eigenvalue weighted by molar-refractivity contribution is 0.614. The van der Waals surface area contributed by atoms with Crippen LogP contribution in [0.4, 0.5) is 4.39 Å². The van der Waals surface area contributed by atoms with Gasteiger partial charge in [-0.2, -0.15) is 0 Å². The van der Waals surface area contributed by atoms with Crippen LogP contribution >= 0.6 is 11.3 Å². The van der Waals surface area contributed by atoms with E-state index in [4.69, 9.17) is 0 Å². The number of rotatable bonds is 4. The van der Waals surface area contributed by atoms with Crippen molar-refractivity contribution in [2.75, 3.05) is 6.54 Å². The third-order valence-electron chi connectivity index (χ3n) is 3.68. The van der Waals surface area contributed by atoms with Crippen LogP contribution in [-0.2, 0) is 0 Å². The number of halogens is 1. The van der Waals surface area contributed by atoms with Crippen molar-refractivity contribution >= 4 is 21.4 Å². The van der Waals surface area contributed by atoms with Gasteiger partial charge in [0.05, 0.1) is 6.04 Å². The molecule has 0 radical (unpaired) electrons. The molecule has 0 saturated carbocycles. The Bertz CT molecular complexity index is 730. The molecule has 0 fully saturated rings. The van der Waals surface area contributed by atoms with Gasteiger partial charge >= 0.3 is 0 Å². The first kappa shape index (κ1) is 14.2. The Labute approximate surface area is 128 Å². The number of thiophene rings is 1. The van der Waals surface area contributed by atoms with E-state index >= 15 is 0 Å². The number of nitrogens with one attached hydrogen (secondary N) is 1. The van der Waals surface area contributed by atoms with Gasteiger partial charge in [-0.05, 0) is 54.2 Å². The zero-order valence-corrected chi connectivity index (χ0v) is 13.0. The first-order valence-corrected chi connectivity index (χ1v) is 7.98. The molecule has 0 amide bonds. The maximum Gasteiger partial charge on any atom is 0.123 e. The summed E-state index contributed by atoms with van der Waals surface area (Å²) in [5.74, 6) is -0.178. The molecule has 21 heavy (non-hydrogen) atoms. The van der Waals surface area contributed by atoms with E-state index < -0.39 is 0 Å². The fourth-order valence-corrected chi connectivity index (χ4v) is 3.84. The summed E-state index contributed by atoms with van der Waals surface area (Å²) in [5, 5.41) is 4.79. The van der Waals surface area contributed by atoms with Crippen molar-refractivity contribution < 1.29 is 4.39 Å². The summed E-state index contributed by atoms with van der Waals surface area (Å²) >= 11 is 1.80. The average Bonchev–Trinajstić information content (AvgIpc) is 2.89. The Morgan fingerprint density at radius 3 is 2.67 bits per heavy atom. The maximum atomic E-state index is 13.3. The minimum atomic E-state index is -0.178. The number of hydrogen-bond acceptors (Lipinski definition) is 2. The molecule has 1 aromatic heterocycles. The lowest BCUT2D eigenvalue weighted by Crippen LogP contribution is -2.21. The standard InChI is InChI=1S/C18H18FNS/c1-3-20-18(15-9-8-14(19)10-12(15)2)17-11-13-6-4-5-7-16(13)21-17/h4-11,18,20H,3H2,1-2H3. The van der Waals surface area contributed by atoms with Crippen LogP contribution in [0.2, 0.25) is 0 Å². The molecule has 0 spiro atoms. The van der Waals surface area contributed by atoms with Crippen LogP contribution in [0.25, 0.3) is 10.1 Å². The highest BCUT2D eigenvalue weighted by Crippen LogP contribution is 2.34. The molecule has 1 unspecified atom stereocenters. The van der Waals surface area contributed by atoms with E-state index in [1.807, 2.05) is 13.0 Å². The second-order valence-electron chi connectivity index (χ2n) is 5.18. The van der Waals surface area contributed by atoms with Crippen LogP contribution in [0, 0.1) is 12.7 Å². The minimum absolute atomic E-state index is 0.119. The lowest BCUT2D eigenvalue weighted by atomic mass is 9.99. The van der Waals surface area contributed by atoms with E-state index in [2.05, 4.69) is 42.6 Å². The third-order valence-corrected chi connectivity index (χ3v) is 4.86. The molecule has 0 bridgehead atoms. The summed E-state index contributed by atoms with van der Waals surface area (Å²) in [4.78, 5) is 1.27. The zero-order valence-electron chi connectivity index (χ0n) is 12.2. The Morgan fingerprint density at radius 1 is 1.14 bits per heavy atom. The molecule has 1 heterocycles. The van der Waals surface area contributed by atoms with Crippen molar-refractivity contribution in [2.24, 2.45) is 0 Å². The van der Waals surface area contributed by atoms with Gasteiger partial charge in [0, 0.05) is 9.58 Å². The fourth-order valence-electron chi connectivity index (χ4n) is 2.68. The molecule has 2 aromatic carbocycles. The van der Waals surface area contributed by atoms with E-state index in [0.717, 1.165) is 17.7 Å². The van der Waals surface area contributed by atoms with Gasteiger partial charge in [0.15, 0.2) is 0 Å². The molecule has 3 aromatic rings. The van der Waals surface area contributed by atoms with Crippen LogP contribution < -0.4 is 5.32 Å². The topological polar surface area (TPSA) is 12.0 Å². The molecule has 1 atom stereocenters. The largest absolute Gasteiger partial charge is 0.306 e. The van der Waals surface area contributed by atoms with Gasteiger partial charge in [-0.25, -0.2) is 4.39 Å². The molecule has 1 N–H and O–H groups in total. The predicted octanol–water partition coefficient (Wildman–Crippen LogP) is 5.05. The second kappa shape index (κ2) is 5.96. The first-order valence-electron chi connectivity index (χ1n) is 7.17. The summed E-state index contributed by atoms with van der Waals surface area (Å²) < 4.78 is 14.6. The Hall–Kier alpha value is -1.71. The number of aryl methyl sites for hydroxylation is 1. The van der Waals surface area contributed by atoms with E-state index in [0.29, 0.717) is 0 Å². The molecule has 0 aliphatic heterocycles. The van der Waals surface area contributed by atoms with Crippen molar-refractivity contribution in [3.05, 3.63) is 70.4 Å². The maximum absolute atomic E-state index is 13.3. The monoisotopic (exact) mass is 299 g/mol. The Balaban J connectivity index is 2.08. The van der Waals surface area contributed by atoms with Gasteiger partial charge in [-0.3, -0.25) is 0 Å². The second-order valence-corrected chi connectivity index (χ2v) is 6.29. The summed E-state index contributed by atoms with van der Waals surface area (Å²) in [7, 11) is 0. The van der Waals surface area contributed by atoms with E-state index in [-0.39, 0.29) is 11.9 Å². The van der Waals surface area contributed by atoms with Gasteiger partial charge in [0.2, 0.25) is 0 Å². The highest BCUT2D eigenvalue weighted by molar-refractivity contribution is 7.19. The van der Waals surface area contributed by atoms with Crippen LogP contribution in [0.1, 0.15) is 29.0 Å². The fraction of sp³-hybridized carbons (Fsp3) is 0.222. The first-order chi connectivity index (χ1) is 10.2. The van der Waals surface area contributed by atoms with Crippen LogP contribution in [-0.4, -0.2) is 6.54 Å². The molecule has 3 heteroatoms. The lowest BCUT2D eigenvalue weighted by Gasteiger charge is -2.19. The van der Waals surface area contributed by atoms with Gasteiger partial charge in [-0.15, -0.1) is 11.3 Å². The van der Waals surface area contributed by atoms with Gasteiger partial charge in [0.25, 0.3) is 0 Å². The van der Waals surface area contributed by atoms with E-state index in [1.165, 1.54) is 15.0 Å². The van der Waals surface area contributed by atoms with Crippen LogP contribution in [0.3, 0.4) is 0 Å². The van der Waals surface area contributed by atoms with Crippen molar-refractivity contribution in [1.82, 2.24) is 5.32 Å². The smallest absolute Gasteiger partial charge is 0.123 e. The van der Waals surface area contributed by atoms with Gasteiger partial charge < -0.3 is 5.32 Å². The molecule has 3 rings (SSSR count). The third kappa shape index (κ3) is 2.85. The van der Waals surface area contributed by atoms with Crippen LogP contribution in [0.5, 0.6) is 0 Å². The minimum Gasteiger partial charge on any atom is -0.306 e. The Morgan fingerprint density at radius 2 is 1.95 bits per heavy atom. The van der Waals surface area contributed by atoms with Crippen molar-refractivity contribution in [3.63, 3.8) is 0 Å². The molecule has 0 saturated heterocycles. The quantitative estimate of drug-likeness (QED) is 0.711. The van der Waals surface area contributed by atoms with E-state index in [1.54, 1.807) is 23.5 Å². The normalized spacial score (nSPS) is 12.7. The molecular formula is C18H18FNS. The summed E-state index contributed by atoms with van der Waals surface area (Å²) in [6, 6.07) is 15.8. The van der Waals surface area contributed by atoms with Gasteiger partial charge in [-0.1, -0.05) is 31.2 Å². The zero-order chi connectivity index (χ0) is 14.8. The summed E-state index contributed by atoms with van der Waals surface area (Å²) in [6.45, 7) is 4.94. The summed E-state index contributed by atoms with van der Waals surface area (Å²) in [5.41, 5.74) is 2.13. The van der Waals surface area contributed by atoms with Crippen molar-refractivity contribution in [3.8, 4) is 0 Å². The molecule has 1 nitrogen and oxygen atoms in total. The van der Waals surface area contributed by atoms with Gasteiger partial charge in [0.1, 0.15) is 5.82 Å². The predicted molar refractivity (Wildman–Crippen MR) is 88.5 cm³/mol. The van der Waals surface area contributed by atoms with E-state index in [9.17, 15) is 4.39 Å². The number of benzene rings is 2. The van der Waals surface area contributed by atoms with Crippen LogP contribution in [0.15, 0.2) is 48.5 Å². The Kier molecular flexibility index (Phi) is 4.04. The molecule has 0 aliphatic rings. The number of fused-ring (bicyclic) bond motifs is 1. The summed E-state index contributed by atoms with van der Waals surface area (Å²) in [6.07, 6.45) is 0. The highest BCUT2D eigenvalue weighted by Gasteiger charge is 2.18. The molecule has 0 aliphatic carbocycles. The number of hydrogen-bond donors (Lipinski definition) is 1.